The predicted molar refractivity (Wildman–Crippen MR) is 140 cm³/mol. The summed E-state index contributed by atoms with van der Waals surface area (Å²) in [5.74, 6) is -0.405. The summed E-state index contributed by atoms with van der Waals surface area (Å²) < 4.78 is 25.7. The molecule has 0 saturated heterocycles. The van der Waals surface area contributed by atoms with Crippen molar-refractivity contribution >= 4 is 59.5 Å². The van der Waals surface area contributed by atoms with Crippen molar-refractivity contribution in [3.8, 4) is 10.6 Å². The Hall–Kier alpha value is -3.08. The van der Waals surface area contributed by atoms with E-state index >= 15 is 0 Å². The minimum atomic E-state index is -3.43. The maximum absolute atomic E-state index is 13.2. The van der Waals surface area contributed by atoms with Crippen LogP contribution in [0, 0.1) is 0 Å². The SMILES string of the molecule is CCS(=O)(=O)c1cccc(C(=O)Nc2sc3c(c2-c2nc4ccccc4s2)CCN(C(C)=O)C3)c1. The zero-order valence-corrected chi connectivity index (χ0v) is 21.6. The highest BCUT2D eigenvalue weighted by Gasteiger charge is 2.29. The molecule has 10 heteroatoms. The van der Waals surface area contributed by atoms with E-state index in [1.807, 2.05) is 24.3 Å². The van der Waals surface area contributed by atoms with Gasteiger partial charge in [-0.25, -0.2) is 13.4 Å². The van der Waals surface area contributed by atoms with Gasteiger partial charge in [-0.15, -0.1) is 22.7 Å². The molecule has 5 rings (SSSR count). The fourth-order valence-corrected chi connectivity index (χ4v) is 7.43. The molecule has 3 heterocycles. The summed E-state index contributed by atoms with van der Waals surface area (Å²) in [5, 5.41) is 4.49. The van der Waals surface area contributed by atoms with Crippen LogP contribution in [0.1, 0.15) is 34.6 Å². The highest BCUT2D eigenvalue weighted by atomic mass is 32.2. The summed E-state index contributed by atoms with van der Waals surface area (Å²) in [7, 11) is -3.43. The number of sulfone groups is 1. The van der Waals surface area contributed by atoms with E-state index < -0.39 is 9.84 Å². The molecule has 0 spiro atoms. The number of nitrogens with zero attached hydrogens (tertiary/aromatic N) is 2. The molecule has 2 amide bonds. The van der Waals surface area contributed by atoms with Crippen LogP contribution in [0.3, 0.4) is 0 Å². The van der Waals surface area contributed by atoms with Crippen molar-refractivity contribution in [1.29, 1.82) is 0 Å². The average molecular weight is 526 g/mol. The Labute approximate surface area is 211 Å². The topological polar surface area (TPSA) is 96.4 Å². The van der Waals surface area contributed by atoms with Crippen LogP contribution in [0.5, 0.6) is 0 Å². The molecule has 7 nitrogen and oxygen atoms in total. The number of fused-ring (bicyclic) bond motifs is 2. The van der Waals surface area contributed by atoms with Crippen molar-refractivity contribution in [3.63, 3.8) is 0 Å². The molecule has 0 atom stereocenters. The minimum absolute atomic E-state index is 0.0186. The van der Waals surface area contributed by atoms with E-state index in [-0.39, 0.29) is 28.0 Å². The summed E-state index contributed by atoms with van der Waals surface area (Å²) in [5.41, 5.74) is 3.15. The standard InChI is InChI=1S/C25H23N3O4S3/c1-3-35(31,32)17-8-6-7-16(13-17)23(30)27-25-22(24-26-19-9-4-5-10-20(19)33-24)18-11-12-28(15(2)29)14-21(18)34-25/h4-10,13H,3,11-12,14H2,1-2H3,(H,27,30). The van der Waals surface area contributed by atoms with Crippen LogP contribution in [0.25, 0.3) is 20.8 Å². The van der Waals surface area contributed by atoms with E-state index in [9.17, 15) is 18.0 Å². The van der Waals surface area contributed by atoms with Gasteiger partial charge in [0.1, 0.15) is 10.0 Å². The van der Waals surface area contributed by atoms with Crippen molar-refractivity contribution < 1.29 is 18.0 Å². The molecule has 1 aliphatic heterocycles. The second-order valence-electron chi connectivity index (χ2n) is 8.27. The van der Waals surface area contributed by atoms with Crippen LogP contribution in [-0.4, -0.2) is 42.4 Å². The quantitative estimate of drug-likeness (QED) is 0.397. The van der Waals surface area contributed by atoms with Crippen LogP contribution < -0.4 is 5.32 Å². The predicted octanol–water partition coefficient (Wildman–Crippen LogP) is 4.98. The van der Waals surface area contributed by atoms with Gasteiger partial charge in [0.05, 0.1) is 27.4 Å². The van der Waals surface area contributed by atoms with Gasteiger partial charge in [-0.1, -0.05) is 25.1 Å². The third-order valence-corrected chi connectivity index (χ3v) is 9.99. The van der Waals surface area contributed by atoms with Gasteiger partial charge >= 0.3 is 0 Å². The second kappa shape index (κ2) is 9.18. The zero-order chi connectivity index (χ0) is 24.7. The van der Waals surface area contributed by atoms with Gasteiger partial charge in [0.2, 0.25) is 5.91 Å². The Morgan fingerprint density at radius 2 is 1.91 bits per heavy atom. The van der Waals surface area contributed by atoms with E-state index in [4.69, 9.17) is 4.98 Å². The number of para-hydroxylation sites is 1. The lowest BCUT2D eigenvalue weighted by Crippen LogP contribution is -2.33. The number of thiophene rings is 1. The molecule has 180 valence electrons. The van der Waals surface area contributed by atoms with Crippen LogP contribution in [0.2, 0.25) is 0 Å². The van der Waals surface area contributed by atoms with E-state index in [2.05, 4.69) is 5.32 Å². The molecular formula is C25H23N3O4S3. The molecule has 2 aromatic heterocycles. The molecule has 0 fully saturated rings. The molecule has 0 saturated carbocycles. The molecule has 35 heavy (non-hydrogen) atoms. The van der Waals surface area contributed by atoms with Crippen LogP contribution in [-0.2, 0) is 27.6 Å². The third-order valence-electron chi connectivity index (χ3n) is 6.07. The van der Waals surface area contributed by atoms with Gasteiger partial charge < -0.3 is 10.2 Å². The van der Waals surface area contributed by atoms with Crippen LogP contribution in [0.15, 0.2) is 53.4 Å². The van der Waals surface area contributed by atoms with Crippen LogP contribution >= 0.6 is 22.7 Å². The molecule has 1 N–H and O–H groups in total. The largest absolute Gasteiger partial charge is 0.337 e. The molecule has 0 bridgehead atoms. The Balaban J connectivity index is 1.56. The Kier molecular flexibility index (Phi) is 6.20. The van der Waals surface area contributed by atoms with Gasteiger partial charge in [-0.2, -0.15) is 0 Å². The lowest BCUT2D eigenvalue weighted by atomic mass is 10.0. The molecule has 0 aliphatic carbocycles. The number of carbonyl (C=O) groups is 2. The van der Waals surface area contributed by atoms with E-state index in [0.717, 1.165) is 31.2 Å². The van der Waals surface area contributed by atoms with Crippen LogP contribution in [0.4, 0.5) is 5.00 Å². The Morgan fingerprint density at radius 3 is 2.66 bits per heavy atom. The number of thiazole rings is 1. The van der Waals surface area contributed by atoms with Crippen molar-refractivity contribution in [3.05, 3.63) is 64.5 Å². The second-order valence-corrected chi connectivity index (χ2v) is 12.7. The first kappa shape index (κ1) is 23.7. The first-order valence-corrected chi connectivity index (χ1v) is 14.5. The number of hydrogen-bond acceptors (Lipinski definition) is 7. The Morgan fingerprint density at radius 1 is 1.11 bits per heavy atom. The molecule has 0 unspecified atom stereocenters. The summed E-state index contributed by atoms with van der Waals surface area (Å²) in [6.07, 6.45) is 0.677. The molecule has 1 aliphatic rings. The number of nitrogens with one attached hydrogen (secondary N) is 1. The lowest BCUT2D eigenvalue weighted by Gasteiger charge is -2.26. The van der Waals surface area contributed by atoms with Gasteiger partial charge in [-0.05, 0) is 42.3 Å². The van der Waals surface area contributed by atoms with E-state index in [0.29, 0.717) is 24.5 Å². The number of benzene rings is 2. The third kappa shape index (κ3) is 4.49. The summed E-state index contributed by atoms with van der Waals surface area (Å²) in [6.45, 7) is 4.24. The average Bonchev–Trinajstić information content (AvgIpc) is 3.44. The normalized spacial score (nSPS) is 13.6. The maximum atomic E-state index is 13.2. The monoisotopic (exact) mass is 525 g/mol. The first-order chi connectivity index (χ1) is 16.8. The zero-order valence-electron chi connectivity index (χ0n) is 19.2. The van der Waals surface area contributed by atoms with Gasteiger partial charge in [0, 0.05) is 29.5 Å². The summed E-state index contributed by atoms with van der Waals surface area (Å²) >= 11 is 3.01. The smallest absolute Gasteiger partial charge is 0.256 e. The van der Waals surface area contributed by atoms with Gasteiger partial charge in [0.25, 0.3) is 5.91 Å². The lowest BCUT2D eigenvalue weighted by molar-refractivity contribution is -0.129. The molecular weight excluding hydrogens is 502 g/mol. The number of rotatable bonds is 5. The maximum Gasteiger partial charge on any atom is 0.256 e. The van der Waals surface area contributed by atoms with Crippen molar-refractivity contribution in [2.45, 2.75) is 31.7 Å². The summed E-state index contributed by atoms with van der Waals surface area (Å²) in [4.78, 5) is 33.0. The fourth-order valence-electron chi connectivity index (χ4n) is 4.14. The van der Waals surface area contributed by atoms with Crippen molar-refractivity contribution in [2.24, 2.45) is 0 Å². The first-order valence-electron chi connectivity index (χ1n) is 11.2. The number of aromatic nitrogens is 1. The summed E-state index contributed by atoms with van der Waals surface area (Å²) in [6, 6.07) is 14.0. The Bertz CT molecular complexity index is 1540. The van der Waals surface area contributed by atoms with Gasteiger partial charge in [-0.3, -0.25) is 9.59 Å². The number of hydrogen-bond donors (Lipinski definition) is 1. The minimum Gasteiger partial charge on any atom is -0.337 e. The van der Waals surface area contributed by atoms with E-state index in [1.165, 1.54) is 23.5 Å². The molecule has 4 aromatic rings. The van der Waals surface area contributed by atoms with E-state index in [1.54, 1.807) is 42.2 Å². The van der Waals surface area contributed by atoms with Crippen molar-refractivity contribution in [2.75, 3.05) is 17.6 Å². The molecule has 0 radical (unpaired) electrons. The molecule has 2 aromatic carbocycles. The highest BCUT2D eigenvalue weighted by molar-refractivity contribution is 7.91. The highest BCUT2D eigenvalue weighted by Crippen LogP contribution is 2.45. The van der Waals surface area contributed by atoms with Gasteiger partial charge in [0.15, 0.2) is 9.84 Å². The number of anilines is 1. The number of carbonyl (C=O) groups excluding carboxylic acids is 2. The number of amides is 2. The fraction of sp³-hybridized carbons (Fsp3) is 0.240. The van der Waals surface area contributed by atoms with Crippen molar-refractivity contribution in [1.82, 2.24) is 9.88 Å².